The van der Waals surface area contributed by atoms with Gasteiger partial charge in [0.2, 0.25) is 0 Å². The van der Waals surface area contributed by atoms with E-state index in [9.17, 15) is 4.79 Å². The molecule has 0 saturated carbocycles. The summed E-state index contributed by atoms with van der Waals surface area (Å²) in [5.74, 6) is -0.352. The first-order chi connectivity index (χ1) is 12.5. The highest BCUT2D eigenvalue weighted by Crippen LogP contribution is 2.36. The van der Waals surface area contributed by atoms with Crippen molar-refractivity contribution in [3.63, 3.8) is 0 Å². The molecular weight excluding hydrogens is 322 g/mol. The number of allylic oxidation sites excluding steroid dienone is 2. The van der Waals surface area contributed by atoms with Crippen molar-refractivity contribution in [1.29, 1.82) is 0 Å². The summed E-state index contributed by atoms with van der Waals surface area (Å²) in [6, 6.07) is 16.5. The van der Waals surface area contributed by atoms with Crippen molar-refractivity contribution in [1.82, 2.24) is 0 Å². The summed E-state index contributed by atoms with van der Waals surface area (Å²) < 4.78 is 5.38. The van der Waals surface area contributed by atoms with Crippen LogP contribution >= 0.6 is 0 Å². The first-order valence-corrected chi connectivity index (χ1v) is 9.00. The second-order valence-electron chi connectivity index (χ2n) is 6.67. The summed E-state index contributed by atoms with van der Waals surface area (Å²) in [6.45, 7) is 8.36. The third-order valence-corrected chi connectivity index (χ3v) is 4.63. The van der Waals surface area contributed by atoms with Gasteiger partial charge in [-0.25, -0.2) is 4.79 Å². The summed E-state index contributed by atoms with van der Waals surface area (Å²) >= 11 is 0. The van der Waals surface area contributed by atoms with Crippen molar-refractivity contribution >= 4 is 11.7 Å². The molecule has 0 N–H and O–H groups in total. The molecule has 0 bridgehead atoms. The summed E-state index contributed by atoms with van der Waals surface area (Å²) in [6.07, 6.45) is 4.14. The summed E-state index contributed by atoms with van der Waals surface area (Å²) in [5, 5.41) is 0. The second kappa shape index (κ2) is 7.61. The molecular formula is C23H25NO2. The van der Waals surface area contributed by atoms with Gasteiger partial charge in [0.05, 0.1) is 12.2 Å². The van der Waals surface area contributed by atoms with E-state index in [1.807, 2.05) is 44.2 Å². The van der Waals surface area contributed by atoms with Crippen LogP contribution in [0.5, 0.6) is 0 Å². The molecule has 26 heavy (non-hydrogen) atoms. The van der Waals surface area contributed by atoms with Gasteiger partial charge in [-0.2, -0.15) is 0 Å². The maximum atomic E-state index is 12.8. The lowest BCUT2D eigenvalue weighted by molar-refractivity contribution is -0.138. The Kier molecular flexibility index (Phi) is 5.27. The van der Waals surface area contributed by atoms with Gasteiger partial charge in [-0.15, -0.1) is 0 Å². The highest BCUT2D eigenvalue weighted by Gasteiger charge is 2.29. The molecule has 3 nitrogen and oxygen atoms in total. The minimum atomic E-state index is -0.252. The van der Waals surface area contributed by atoms with Gasteiger partial charge < -0.3 is 9.64 Å². The Labute approximate surface area is 155 Å². The van der Waals surface area contributed by atoms with Crippen LogP contribution in [-0.2, 0) is 9.53 Å². The Morgan fingerprint density at radius 1 is 1.04 bits per heavy atom. The first kappa shape index (κ1) is 18.0. The molecule has 1 aliphatic rings. The monoisotopic (exact) mass is 347 g/mol. The molecule has 3 rings (SSSR count). The molecule has 2 aromatic carbocycles. The Morgan fingerprint density at radius 3 is 2.31 bits per heavy atom. The molecule has 0 fully saturated rings. The molecule has 0 spiro atoms. The smallest absolute Gasteiger partial charge is 0.336 e. The fraction of sp³-hybridized carbons (Fsp3) is 0.261. The predicted octanol–water partition coefficient (Wildman–Crippen LogP) is 5.26. The second-order valence-corrected chi connectivity index (χ2v) is 6.67. The summed E-state index contributed by atoms with van der Waals surface area (Å²) in [4.78, 5) is 14.8. The summed E-state index contributed by atoms with van der Waals surface area (Å²) in [5.41, 5.74) is 6.15. The van der Waals surface area contributed by atoms with Gasteiger partial charge >= 0.3 is 5.97 Å². The van der Waals surface area contributed by atoms with Gasteiger partial charge in [-0.1, -0.05) is 42.5 Å². The molecule has 3 heteroatoms. The highest BCUT2D eigenvalue weighted by molar-refractivity contribution is 5.93. The van der Waals surface area contributed by atoms with Crippen LogP contribution in [-0.4, -0.2) is 12.6 Å². The van der Waals surface area contributed by atoms with Gasteiger partial charge in [-0.3, -0.25) is 0 Å². The number of hydrogen-bond acceptors (Lipinski definition) is 3. The van der Waals surface area contributed by atoms with E-state index in [1.165, 1.54) is 11.1 Å². The predicted molar refractivity (Wildman–Crippen MR) is 106 cm³/mol. The molecule has 0 aromatic heterocycles. The molecule has 0 radical (unpaired) electrons. The maximum Gasteiger partial charge on any atom is 0.336 e. The molecule has 2 aromatic rings. The van der Waals surface area contributed by atoms with Crippen LogP contribution in [0.3, 0.4) is 0 Å². The van der Waals surface area contributed by atoms with Gasteiger partial charge in [0.1, 0.15) is 0 Å². The van der Waals surface area contributed by atoms with E-state index in [0.29, 0.717) is 12.2 Å². The Hall–Kier alpha value is -2.81. The quantitative estimate of drug-likeness (QED) is 0.707. The van der Waals surface area contributed by atoms with E-state index >= 15 is 0 Å². The van der Waals surface area contributed by atoms with Gasteiger partial charge in [0.25, 0.3) is 0 Å². The number of carbonyl (C=O) groups is 1. The molecule has 0 amide bonds. The van der Waals surface area contributed by atoms with E-state index in [-0.39, 0.29) is 11.9 Å². The molecule has 1 aliphatic heterocycles. The molecule has 0 saturated heterocycles. The fourth-order valence-electron chi connectivity index (χ4n) is 3.53. The van der Waals surface area contributed by atoms with E-state index in [2.05, 4.69) is 49.2 Å². The Morgan fingerprint density at radius 2 is 1.69 bits per heavy atom. The standard InChI is InChI=1S/C23H25NO2/c1-5-26-23(25)22-18(4)24(20-14-16(2)13-17(3)15-20)12-11-21(22)19-9-7-6-8-10-19/h6-15,21H,5H2,1-4H3. The highest BCUT2D eigenvalue weighted by atomic mass is 16.5. The van der Waals surface area contributed by atoms with Crippen LogP contribution in [0.2, 0.25) is 0 Å². The molecule has 0 aliphatic carbocycles. The number of anilines is 1. The van der Waals surface area contributed by atoms with Gasteiger partial charge in [0, 0.05) is 23.5 Å². The lowest BCUT2D eigenvalue weighted by Crippen LogP contribution is -2.26. The van der Waals surface area contributed by atoms with Crippen molar-refractivity contribution < 1.29 is 9.53 Å². The number of carbonyl (C=O) groups excluding carboxylic acids is 1. The van der Waals surface area contributed by atoms with Crippen LogP contribution in [0.4, 0.5) is 5.69 Å². The molecule has 1 heterocycles. The third-order valence-electron chi connectivity index (χ3n) is 4.63. The fourth-order valence-corrected chi connectivity index (χ4v) is 3.53. The zero-order valence-corrected chi connectivity index (χ0v) is 15.8. The minimum Gasteiger partial charge on any atom is -0.463 e. The van der Waals surface area contributed by atoms with Crippen LogP contribution in [0.1, 0.15) is 36.5 Å². The number of aryl methyl sites for hydroxylation is 2. The average molecular weight is 347 g/mol. The molecule has 1 unspecified atom stereocenters. The number of benzene rings is 2. The van der Waals surface area contributed by atoms with E-state index in [1.54, 1.807) is 0 Å². The van der Waals surface area contributed by atoms with Crippen LogP contribution in [0.15, 0.2) is 72.1 Å². The number of rotatable bonds is 4. The first-order valence-electron chi connectivity index (χ1n) is 9.00. The topological polar surface area (TPSA) is 29.5 Å². The van der Waals surface area contributed by atoms with Gasteiger partial charge in [-0.05, 0) is 56.5 Å². The number of esters is 1. The zero-order valence-electron chi connectivity index (χ0n) is 15.8. The number of ether oxygens (including phenoxy) is 1. The normalized spacial score (nSPS) is 16.8. The van der Waals surface area contributed by atoms with Crippen molar-refractivity contribution in [3.8, 4) is 0 Å². The zero-order chi connectivity index (χ0) is 18.7. The number of nitrogens with zero attached hydrogens (tertiary/aromatic N) is 1. The number of hydrogen-bond donors (Lipinski definition) is 0. The lowest BCUT2D eigenvalue weighted by atomic mass is 9.87. The van der Waals surface area contributed by atoms with Crippen molar-refractivity contribution in [3.05, 3.63) is 88.8 Å². The van der Waals surface area contributed by atoms with Crippen LogP contribution in [0.25, 0.3) is 0 Å². The van der Waals surface area contributed by atoms with Crippen LogP contribution < -0.4 is 4.90 Å². The lowest BCUT2D eigenvalue weighted by Gasteiger charge is -2.31. The minimum absolute atomic E-state index is 0.0996. The summed E-state index contributed by atoms with van der Waals surface area (Å²) in [7, 11) is 0. The van der Waals surface area contributed by atoms with Gasteiger partial charge in [0.15, 0.2) is 0 Å². The van der Waals surface area contributed by atoms with E-state index in [4.69, 9.17) is 4.74 Å². The maximum absolute atomic E-state index is 12.8. The Balaban J connectivity index is 2.09. The molecule has 1 atom stereocenters. The Bertz CT molecular complexity index is 845. The van der Waals surface area contributed by atoms with Crippen molar-refractivity contribution in [2.24, 2.45) is 0 Å². The average Bonchev–Trinajstić information content (AvgIpc) is 2.61. The molecule has 134 valence electrons. The largest absolute Gasteiger partial charge is 0.463 e. The van der Waals surface area contributed by atoms with E-state index in [0.717, 1.165) is 16.9 Å². The SMILES string of the molecule is CCOC(=O)C1=C(C)N(c2cc(C)cc(C)c2)C=CC1c1ccccc1. The van der Waals surface area contributed by atoms with Crippen molar-refractivity contribution in [2.75, 3.05) is 11.5 Å². The van der Waals surface area contributed by atoms with Crippen molar-refractivity contribution in [2.45, 2.75) is 33.6 Å². The van der Waals surface area contributed by atoms with E-state index < -0.39 is 0 Å². The third kappa shape index (κ3) is 3.57. The van der Waals surface area contributed by atoms with Crippen LogP contribution in [0, 0.1) is 13.8 Å².